The lowest BCUT2D eigenvalue weighted by molar-refractivity contribution is -0.143. The van der Waals surface area contributed by atoms with Crippen LogP contribution in [-0.2, 0) is 24.0 Å². The second kappa shape index (κ2) is 12.8. The van der Waals surface area contributed by atoms with E-state index in [-0.39, 0.29) is 12.8 Å². The largest absolute Gasteiger partial charge is 0.480 e. The molecule has 30 heavy (non-hydrogen) atoms. The highest BCUT2D eigenvalue weighted by molar-refractivity contribution is 5.94. The van der Waals surface area contributed by atoms with Gasteiger partial charge in [0.05, 0.1) is 6.61 Å². The van der Waals surface area contributed by atoms with Gasteiger partial charge in [0.2, 0.25) is 23.6 Å². The Balaban J connectivity index is 5.47. The first-order chi connectivity index (χ1) is 13.8. The number of hydrogen-bond acceptors (Lipinski definition) is 7. The molecule has 0 heterocycles. The van der Waals surface area contributed by atoms with Gasteiger partial charge in [-0.15, -0.1) is 0 Å². The van der Waals surface area contributed by atoms with Gasteiger partial charge in [0.1, 0.15) is 24.2 Å². The van der Waals surface area contributed by atoms with E-state index in [9.17, 15) is 29.1 Å². The first kappa shape index (κ1) is 27.3. The van der Waals surface area contributed by atoms with E-state index < -0.39 is 72.2 Å². The third-order valence-corrected chi connectivity index (χ3v) is 4.32. The Morgan fingerprint density at radius 1 is 0.833 bits per heavy atom. The molecule has 0 aliphatic heterocycles. The number of nitrogens with one attached hydrogen (secondary N) is 3. The molecule has 0 rings (SSSR count). The fraction of sp³-hybridized carbons (Fsp3) is 0.722. The average Bonchev–Trinajstić information content (AvgIpc) is 2.64. The van der Waals surface area contributed by atoms with E-state index in [1.807, 2.05) is 0 Å². The van der Waals surface area contributed by atoms with Gasteiger partial charge in [-0.05, 0) is 18.3 Å². The molecule has 0 aliphatic rings. The second-order valence-corrected chi connectivity index (χ2v) is 7.65. The summed E-state index contributed by atoms with van der Waals surface area (Å²) in [6, 6.07) is -4.77. The van der Waals surface area contributed by atoms with Gasteiger partial charge < -0.3 is 37.6 Å². The topological polar surface area (TPSA) is 214 Å². The van der Waals surface area contributed by atoms with Crippen LogP contribution in [0.3, 0.4) is 0 Å². The summed E-state index contributed by atoms with van der Waals surface area (Å²) in [7, 11) is 0. The molecule has 9 N–H and O–H groups in total. The number of carbonyl (C=O) groups excluding carboxylic acids is 4. The molecule has 0 fully saturated rings. The molecular weight excluding hydrogens is 398 g/mol. The van der Waals surface area contributed by atoms with Crippen molar-refractivity contribution in [3.8, 4) is 0 Å². The van der Waals surface area contributed by atoms with Crippen molar-refractivity contribution in [1.29, 1.82) is 0 Å². The Morgan fingerprint density at radius 2 is 1.33 bits per heavy atom. The number of amides is 4. The Hall–Kier alpha value is -2.73. The van der Waals surface area contributed by atoms with Crippen molar-refractivity contribution >= 4 is 29.6 Å². The molecule has 12 nitrogen and oxygen atoms in total. The van der Waals surface area contributed by atoms with Crippen molar-refractivity contribution in [2.75, 3.05) is 6.61 Å². The molecule has 0 spiro atoms. The molecule has 0 aromatic heterocycles. The minimum Gasteiger partial charge on any atom is -0.480 e. The number of carboxylic acid groups (broad SMARTS) is 1. The summed E-state index contributed by atoms with van der Waals surface area (Å²) in [6.07, 6.45) is -0.391. The van der Waals surface area contributed by atoms with Crippen molar-refractivity contribution in [3.63, 3.8) is 0 Å². The Kier molecular flexibility index (Phi) is 11.6. The van der Waals surface area contributed by atoms with E-state index >= 15 is 0 Å². The van der Waals surface area contributed by atoms with Crippen molar-refractivity contribution < 1.29 is 34.2 Å². The molecule has 0 aromatic rings. The first-order valence-corrected chi connectivity index (χ1v) is 9.60. The summed E-state index contributed by atoms with van der Waals surface area (Å²) in [5.41, 5.74) is 10.6. The van der Waals surface area contributed by atoms with Crippen LogP contribution in [-0.4, -0.2) is 70.6 Å². The molecular formula is C18H33N5O7. The number of carboxylic acids is 1. The van der Waals surface area contributed by atoms with Crippen LogP contribution in [0.25, 0.3) is 0 Å². The smallest absolute Gasteiger partial charge is 0.326 e. The van der Waals surface area contributed by atoms with Gasteiger partial charge in [-0.25, -0.2) is 4.79 Å². The maximum absolute atomic E-state index is 12.7. The molecule has 0 radical (unpaired) electrons. The number of nitrogens with two attached hydrogens (primary N) is 2. The fourth-order valence-corrected chi connectivity index (χ4v) is 2.46. The van der Waals surface area contributed by atoms with Crippen LogP contribution in [0.2, 0.25) is 0 Å². The number of aliphatic hydroxyl groups is 1. The monoisotopic (exact) mass is 431 g/mol. The van der Waals surface area contributed by atoms with Crippen LogP contribution in [0.1, 0.15) is 40.5 Å². The average molecular weight is 431 g/mol. The van der Waals surface area contributed by atoms with Crippen molar-refractivity contribution in [2.24, 2.45) is 23.3 Å². The van der Waals surface area contributed by atoms with Gasteiger partial charge in [-0.2, -0.15) is 0 Å². The SMILES string of the molecule is CC(C)C(NC(=O)C(CCC(N)=O)NC(=O)C(NC(=O)C(N)CO)C(C)C)C(=O)O. The summed E-state index contributed by atoms with van der Waals surface area (Å²) in [5.74, 6) is -5.07. The molecule has 4 unspecified atom stereocenters. The summed E-state index contributed by atoms with van der Waals surface area (Å²) in [6.45, 7) is 5.88. The van der Waals surface area contributed by atoms with Gasteiger partial charge in [0.15, 0.2) is 0 Å². The van der Waals surface area contributed by atoms with Crippen LogP contribution in [0.4, 0.5) is 0 Å². The molecule has 4 atom stereocenters. The zero-order valence-corrected chi connectivity index (χ0v) is 17.7. The maximum atomic E-state index is 12.7. The van der Waals surface area contributed by atoms with Crippen LogP contribution in [0.15, 0.2) is 0 Å². The van der Waals surface area contributed by atoms with E-state index in [0.717, 1.165) is 0 Å². The Labute approximate surface area is 175 Å². The Bertz CT molecular complexity index is 638. The van der Waals surface area contributed by atoms with Crippen molar-refractivity contribution in [2.45, 2.75) is 64.7 Å². The van der Waals surface area contributed by atoms with Crippen LogP contribution in [0, 0.1) is 11.8 Å². The lowest BCUT2D eigenvalue weighted by atomic mass is 10.0. The number of aliphatic carboxylic acids is 1. The minimum atomic E-state index is -1.25. The molecule has 4 amide bonds. The predicted molar refractivity (Wildman–Crippen MR) is 107 cm³/mol. The van der Waals surface area contributed by atoms with Crippen LogP contribution >= 0.6 is 0 Å². The zero-order chi connectivity index (χ0) is 23.6. The van der Waals surface area contributed by atoms with E-state index in [1.54, 1.807) is 27.7 Å². The summed E-state index contributed by atoms with van der Waals surface area (Å²) >= 11 is 0. The number of hydrogen-bond donors (Lipinski definition) is 7. The number of rotatable bonds is 13. The van der Waals surface area contributed by atoms with Gasteiger partial charge in [0, 0.05) is 6.42 Å². The molecule has 12 heteroatoms. The van der Waals surface area contributed by atoms with Gasteiger partial charge in [0.25, 0.3) is 0 Å². The number of primary amides is 1. The molecule has 0 saturated carbocycles. The van der Waals surface area contributed by atoms with Crippen LogP contribution < -0.4 is 27.4 Å². The van der Waals surface area contributed by atoms with Crippen molar-refractivity contribution in [3.05, 3.63) is 0 Å². The lowest BCUT2D eigenvalue weighted by Gasteiger charge is -2.27. The summed E-state index contributed by atoms with van der Waals surface area (Å²) in [5, 5.41) is 25.4. The van der Waals surface area contributed by atoms with Gasteiger partial charge >= 0.3 is 5.97 Å². The lowest BCUT2D eigenvalue weighted by Crippen LogP contribution is -2.59. The fourth-order valence-electron chi connectivity index (χ4n) is 2.46. The third-order valence-electron chi connectivity index (χ3n) is 4.32. The Morgan fingerprint density at radius 3 is 1.73 bits per heavy atom. The maximum Gasteiger partial charge on any atom is 0.326 e. The number of carbonyl (C=O) groups is 5. The molecule has 0 saturated heterocycles. The predicted octanol–water partition coefficient (Wildman–Crippen LogP) is -2.58. The second-order valence-electron chi connectivity index (χ2n) is 7.65. The van der Waals surface area contributed by atoms with Gasteiger partial charge in [-0.3, -0.25) is 19.2 Å². The summed E-state index contributed by atoms with van der Waals surface area (Å²) < 4.78 is 0. The summed E-state index contributed by atoms with van der Waals surface area (Å²) in [4.78, 5) is 59.7. The van der Waals surface area contributed by atoms with Crippen LogP contribution in [0.5, 0.6) is 0 Å². The molecule has 0 aliphatic carbocycles. The first-order valence-electron chi connectivity index (χ1n) is 9.60. The van der Waals surface area contributed by atoms with Gasteiger partial charge in [-0.1, -0.05) is 27.7 Å². The zero-order valence-electron chi connectivity index (χ0n) is 17.7. The normalized spacial score (nSPS) is 15.1. The van der Waals surface area contributed by atoms with E-state index in [2.05, 4.69) is 16.0 Å². The third kappa shape index (κ3) is 9.18. The minimum absolute atomic E-state index is 0.160. The highest BCUT2D eigenvalue weighted by Crippen LogP contribution is 2.07. The standard InChI is InChI=1S/C18H33N5O7/c1-8(2)13(22-15(26)10(19)7-24)17(28)21-11(5-6-12(20)25)16(27)23-14(9(3)4)18(29)30/h8-11,13-14,24H,5-7,19H2,1-4H3,(H2,20,25)(H,21,28)(H,22,26)(H,23,27)(H,29,30). The molecule has 0 bridgehead atoms. The molecule has 0 aromatic carbocycles. The highest BCUT2D eigenvalue weighted by atomic mass is 16.4. The van der Waals surface area contributed by atoms with E-state index in [1.165, 1.54) is 0 Å². The van der Waals surface area contributed by atoms with Crippen molar-refractivity contribution in [1.82, 2.24) is 16.0 Å². The quantitative estimate of drug-likeness (QED) is 0.164. The highest BCUT2D eigenvalue weighted by Gasteiger charge is 2.32. The number of aliphatic hydroxyl groups excluding tert-OH is 1. The molecule has 172 valence electrons. The van der Waals surface area contributed by atoms with E-state index in [4.69, 9.17) is 16.6 Å². The van der Waals surface area contributed by atoms with E-state index in [0.29, 0.717) is 0 Å².